The van der Waals surface area contributed by atoms with Crippen molar-refractivity contribution in [2.45, 2.75) is 26.3 Å². The zero-order chi connectivity index (χ0) is 10.3. The number of allylic oxidation sites excluding steroid dienone is 3. The van der Waals surface area contributed by atoms with Crippen molar-refractivity contribution in [3.8, 4) is 12.3 Å². The molecule has 0 fully saturated rings. The predicted octanol–water partition coefficient (Wildman–Crippen LogP) is 1.65. The van der Waals surface area contributed by atoms with Gasteiger partial charge in [0.15, 0.2) is 0 Å². The van der Waals surface area contributed by atoms with Crippen LogP contribution in [0.5, 0.6) is 0 Å². The van der Waals surface area contributed by atoms with Gasteiger partial charge in [0, 0.05) is 6.08 Å². The minimum absolute atomic E-state index is 0.180. The molecule has 0 spiro atoms. The van der Waals surface area contributed by atoms with Crippen molar-refractivity contribution in [1.29, 1.82) is 0 Å². The molecule has 0 saturated heterocycles. The summed E-state index contributed by atoms with van der Waals surface area (Å²) in [5.74, 6) is 2.30. The second-order valence-corrected chi connectivity index (χ2v) is 3.14. The average Bonchev–Trinajstić information content (AvgIpc) is 2.04. The minimum Gasteiger partial charge on any atom is -0.337 e. The molecule has 0 aromatic carbocycles. The molecule has 0 rings (SSSR count). The summed E-state index contributed by atoms with van der Waals surface area (Å²) in [6.45, 7) is 5.43. The van der Waals surface area contributed by atoms with Gasteiger partial charge in [-0.15, -0.1) is 6.42 Å². The van der Waals surface area contributed by atoms with Crippen molar-refractivity contribution in [3.05, 3.63) is 24.3 Å². The van der Waals surface area contributed by atoms with Crippen molar-refractivity contribution in [2.24, 2.45) is 0 Å². The summed E-state index contributed by atoms with van der Waals surface area (Å²) in [6, 6.07) is 0. The molecule has 0 unspecified atom stereocenters. The largest absolute Gasteiger partial charge is 0.337 e. The van der Waals surface area contributed by atoms with E-state index in [1.54, 1.807) is 26.0 Å². The maximum Gasteiger partial charge on any atom is 0.245 e. The van der Waals surface area contributed by atoms with Gasteiger partial charge < -0.3 is 5.32 Å². The first-order valence-electron chi connectivity index (χ1n) is 4.11. The third kappa shape index (κ3) is 5.75. The lowest BCUT2D eigenvalue weighted by Crippen LogP contribution is -2.41. The van der Waals surface area contributed by atoms with Crippen LogP contribution in [-0.4, -0.2) is 11.4 Å². The Kier molecular flexibility index (Phi) is 4.61. The third-order valence-corrected chi connectivity index (χ3v) is 1.35. The monoisotopic (exact) mass is 177 g/mol. The summed E-state index contributed by atoms with van der Waals surface area (Å²) in [5.41, 5.74) is -0.586. The Hall–Kier alpha value is -1.49. The fraction of sp³-hybridized carbons (Fsp3) is 0.364. The molecule has 1 N–H and O–H groups in total. The maximum atomic E-state index is 11.2. The molecule has 0 aromatic heterocycles. The van der Waals surface area contributed by atoms with Crippen molar-refractivity contribution in [3.63, 3.8) is 0 Å². The summed E-state index contributed by atoms with van der Waals surface area (Å²) in [6.07, 6.45) is 11.9. The predicted molar refractivity (Wildman–Crippen MR) is 55.0 cm³/mol. The lowest BCUT2D eigenvalue weighted by atomic mass is 10.1. The standard InChI is InChI=1S/C11H15NO/c1-5-7-8-9-10(13)12-11(3,4)6-2/h2,5,7-9H,1,3-4H3,(H,12,13). The van der Waals surface area contributed by atoms with Gasteiger partial charge in [0.1, 0.15) is 0 Å². The fourth-order valence-electron chi connectivity index (χ4n) is 0.640. The highest BCUT2D eigenvalue weighted by molar-refractivity contribution is 5.88. The normalized spacial score (nSPS) is 11.8. The van der Waals surface area contributed by atoms with Crippen LogP contribution < -0.4 is 5.32 Å². The molecule has 0 radical (unpaired) electrons. The summed E-state index contributed by atoms with van der Waals surface area (Å²) < 4.78 is 0. The van der Waals surface area contributed by atoms with Crippen LogP contribution >= 0.6 is 0 Å². The zero-order valence-corrected chi connectivity index (χ0v) is 8.29. The molecule has 13 heavy (non-hydrogen) atoms. The van der Waals surface area contributed by atoms with E-state index in [1.807, 2.05) is 13.0 Å². The Morgan fingerprint density at radius 1 is 1.46 bits per heavy atom. The van der Waals surface area contributed by atoms with Gasteiger partial charge in [-0.3, -0.25) is 4.79 Å². The van der Waals surface area contributed by atoms with E-state index in [9.17, 15) is 4.79 Å². The Bertz CT molecular complexity index is 266. The highest BCUT2D eigenvalue weighted by Gasteiger charge is 2.14. The molecule has 0 bridgehead atoms. The van der Waals surface area contributed by atoms with Crippen LogP contribution in [0.3, 0.4) is 0 Å². The van der Waals surface area contributed by atoms with Gasteiger partial charge in [-0.05, 0) is 20.8 Å². The summed E-state index contributed by atoms with van der Waals surface area (Å²) >= 11 is 0. The van der Waals surface area contributed by atoms with E-state index >= 15 is 0 Å². The van der Waals surface area contributed by atoms with E-state index in [4.69, 9.17) is 6.42 Å². The molecule has 0 atom stereocenters. The molecule has 0 aliphatic heterocycles. The number of carbonyl (C=O) groups excluding carboxylic acids is 1. The molecular weight excluding hydrogens is 162 g/mol. The topological polar surface area (TPSA) is 29.1 Å². The van der Waals surface area contributed by atoms with Gasteiger partial charge >= 0.3 is 0 Å². The van der Waals surface area contributed by atoms with Gasteiger partial charge in [0.2, 0.25) is 5.91 Å². The van der Waals surface area contributed by atoms with Gasteiger partial charge in [0.05, 0.1) is 5.54 Å². The van der Waals surface area contributed by atoms with Gasteiger partial charge in [-0.2, -0.15) is 0 Å². The Morgan fingerprint density at radius 2 is 2.08 bits per heavy atom. The Morgan fingerprint density at radius 3 is 2.54 bits per heavy atom. The van der Waals surface area contributed by atoms with Gasteiger partial charge in [-0.25, -0.2) is 0 Å². The molecule has 0 aliphatic carbocycles. The summed E-state index contributed by atoms with van der Waals surface area (Å²) in [7, 11) is 0. The molecule has 2 nitrogen and oxygen atoms in total. The number of nitrogens with one attached hydrogen (secondary N) is 1. The van der Waals surface area contributed by atoms with Crippen LogP contribution in [0, 0.1) is 12.3 Å². The molecule has 1 amide bonds. The first-order valence-corrected chi connectivity index (χ1v) is 4.11. The van der Waals surface area contributed by atoms with E-state index < -0.39 is 5.54 Å². The minimum atomic E-state index is -0.586. The van der Waals surface area contributed by atoms with E-state index in [1.165, 1.54) is 6.08 Å². The van der Waals surface area contributed by atoms with E-state index in [-0.39, 0.29) is 5.91 Å². The number of hydrogen-bond donors (Lipinski definition) is 1. The molecular formula is C11H15NO. The maximum absolute atomic E-state index is 11.2. The molecule has 0 aromatic rings. The summed E-state index contributed by atoms with van der Waals surface area (Å²) in [5, 5.41) is 2.67. The van der Waals surface area contributed by atoms with Crippen LogP contribution in [0.15, 0.2) is 24.3 Å². The number of rotatable bonds is 3. The lowest BCUT2D eigenvalue weighted by Gasteiger charge is -2.17. The van der Waals surface area contributed by atoms with Crippen LogP contribution in [0.1, 0.15) is 20.8 Å². The van der Waals surface area contributed by atoms with Crippen molar-refractivity contribution >= 4 is 5.91 Å². The van der Waals surface area contributed by atoms with Crippen molar-refractivity contribution in [1.82, 2.24) is 5.32 Å². The average molecular weight is 177 g/mol. The zero-order valence-electron chi connectivity index (χ0n) is 8.29. The molecule has 2 heteroatoms. The van der Waals surface area contributed by atoms with Crippen LogP contribution in [0.2, 0.25) is 0 Å². The highest BCUT2D eigenvalue weighted by Crippen LogP contribution is 1.98. The van der Waals surface area contributed by atoms with Crippen molar-refractivity contribution in [2.75, 3.05) is 0 Å². The van der Waals surface area contributed by atoms with Gasteiger partial charge in [0.25, 0.3) is 0 Å². The SMILES string of the molecule is C#CC(C)(C)NC(=O)C=CC=CC. The van der Waals surface area contributed by atoms with Crippen LogP contribution in [-0.2, 0) is 4.79 Å². The summed E-state index contributed by atoms with van der Waals surface area (Å²) in [4.78, 5) is 11.2. The number of terminal acetylenes is 1. The Labute approximate surface area is 79.7 Å². The third-order valence-electron chi connectivity index (χ3n) is 1.35. The molecule has 70 valence electrons. The van der Waals surface area contributed by atoms with E-state index in [2.05, 4.69) is 11.2 Å². The van der Waals surface area contributed by atoms with Crippen LogP contribution in [0.4, 0.5) is 0 Å². The number of hydrogen-bond acceptors (Lipinski definition) is 1. The molecule has 0 heterocycles. The first kappa shape index (κ1) is 11.5. The molecule has 0 saturated carbocycles. The second kappa shape index (κ2) is 5.21. The number of amides is 1. The highest BCUT2D eigenvalue weighted by atomic mass is 16.1. The fourth-order valence-corrected chi connectivity index (χ4v) is 0.640. The van der Waals surface area contributed by atoms with E-state index in [0.717, 1.165) is 0 Å². The smallest absolute Gasteiger partial charge is 0.245 e. The molecule has 0 aliphatic rings. The lowest BCUT2D eigenvalue weighted by molar-refractivity contribution is -0.117. The second-order valence-electron chi connectivity index (χ2n) is 3.14. The number of carbonyl (C=O) groups is 1. The van der Waals surface area contributed by atoms with Crippen molar-refractivity contribution < 1.29 is 4.79 Å². The van der Waals surface area contributed by atoms with Gasteiger partial charge in [-0.1, -0.05) is 24.1 Å². The first-order chi connectivity index (χ1) is 6.02. The van der Waals surface area contributed by atoms with Crippen LogP contribution in [0.25, 0.3) is 0 Å². The quantitative estimate of drug-likeness (QED) is 0.396. The van der Waals surface area contributed by atoms with E-state index in [0.29, 0.717) is 0 Å². The Balaban J connectivity index is 4.11.